The maximum Gasteiger partial charge on any atom is 0.226 e. The average molecular weight is 382 g/mol. The van der Waals surface area contributed by atoms with Crippen LogP contribution in [0.3, 0.4) is 0 Å². The molecule has 27 heavy (non-hydrogen) atoms. The van der Waals surface area contributed by atoms with Crippen LogP contribution in [0.4, 0.5) is 0 Å². The van der Waals surface area contributed by atoms with Crippen LogP contribution in [0.15, 0.2) is 48.5 Å². The van der Waals surface area contributed by atoms with Crippen molar-refractivity contribution in [1.29, 1.82) is 0 Å². The van der Waals surface area contributed by atoms with Crippen molar-refractivity contribution in [2.45, 2.75) is 32.7 Å². The van der Waals surface area contributed by atoms with E-state index in [4.69, 9.17) is 11.6 Å². The third-order valence-corrected chi connectivity index (χ3v) is 5.77. The second kappa shape index (κ2) is 7.73. The smallest absolute Gasteiger partial charge is 0.226 e. The third-order valence-electron chi connectivity index (χ3n) is 5.52. The number of rotatable bonds is 4. The number of aromatic nitrogens is 2. The predicted octanol–water partition coefficient (Wildman–Crippen LogP) is 4.48. The first-order chi connectivity index (χ1) is 13.1. The quantitative estimate of drug-likeness (QED) is 0.668. The Hall–Kier alpha value is -2.33. The number of fused-ring (bicyclic) bond motifs is 1. The zero-order chi connectivity index (χ0) is 18.8. The van der Waals surface area contributed by atoms with Gasteiger partial charge in [0.2, 0.25) is 5.91 Å². The Morgan fingerprint density at radius 1 is 1.11 bits per heavy atom. The molecule has 1 fully saturated rings. The van der Waals surface area contributed by atoms with Crippen LogP contribution in [0, 0.1) is 12.8 Å². The maximum atomic E-state index is 12.6. The van der Waals surface area contributed by atoms with E-state index < -0.39 is 0 Å². The Labute approximate surface area is 164 Å². The number of carbonyl (C=O) groups excluding carboxylic acids is 1. The topological polar surface area (TPSA) is 38.1 Å². The van der Waals surface area contributed by atoms with E-state index in [0.29, 0.717) is 17.4 Å². The Kier molecular flexibility index (Phi) is 5.17. The molecule has 4 rings (SSSR count). The number of aryl methyl sites for hydroxylation is 1. The molecule has 2 heterocycles. The molecule has 2 aromatic carbocycles. The molecule has 1 aromatic heterocycles. The minimum Gasteiger partial charge on any atom is -0.342 e. The van der Waals surface area contributed by atoms with Crippen molar-refractivity contribution in [3.05, 3.63) is 64.9 Å². The first kappa shape index (κ1) is 18.1. The molecule has 1 aliphatic heterocycles. The number of benzene rings is 2. The van der Waals surface area contributed by atoms with Gasteiger partial charge in [-0.1, -0.05) is 35.9 Å². The number of hydrogen-bond donors (Lipinski definition) is 0. The largest absolute Gasteiger partial charge is 0.342 e. The summed E-state index contributed by atoms with van der Waals surface area (Å²) in [6.07, 6.45) is 2.53. The maximum absolute atomic E-state index is 12.6. The van der Waals surface area contributed by atoms with Crippen LogP contribution in [0.25, 0.3) is 11.0 Å². The molecule has 3 aromatic rings. The molecule has 0 radical (unpaired) electrons. The summed E-state index contributed by atoms with van der Waals surface area (Å²) in [7, 11) is 0. The van der Waals surface area contributed by atoms with Crippen molar-refractivity contribution >= 4 is 28.5 Å². The lowest BCUT2D eigenvalue weighted by Crippen LogP contribution is -2.40. The van der Waals surface area contributed by atoms with Crippen molar-refractivity contribution in [2.24, 2.45) is 5.92 Å². The highest BCUT2D eigenvalue weighted by atomic mass is 35.5. The van der Waals surface area contributed by atoms with Crippen LogP contribution in [0.5, 0.6) is 0 Å². The molecular weight excluding hydrogens is 358 g/mol. The fourth-order valence-electron chi connectivity index (χ4n) is 3.94. The molecule has 0 aliphatic carbocycles. The number of likely N-dealkylation sites (tertiary alicyclic amines) is 1. The number of piperidine rings is 1. The van der Waals surface area contributed by atoms with E-state index in [9.17, 15) is 4.79 Å². The fourth-order valence-corrected chi connectivity index (χ4v) is 4.06. The molecule has 5 heteroatoms. The van der Waals surface area contributed by atoms with Crippen LogP contribution in [0.1, 0.15) is 24.2 Å². The zero-order valence-electron chi connectivity index (χ0n) is 15.6. The molecule has 0 saturated carbocycles. The minimum atomic E-state index is 0.208. The second-order valence-electron chi connectivity index (χ2n) is 7.39. The molecule has 1 amide bonds. The summed E-state index contributed by atoms with van der Waals surface area (Å²) in [6.45, 7) is 4.72. The van der Waals surface area contributed by atoms with Crippen LogP contribution < -0.4 is 0 Å². The highest BCUT2D eigenvalue weighted by Crippen LogP contribution is 2.24. The van der Waals surface area contributed by atoms with Gasteiger partial charge in [-0.05, 0) is 55.5 Å². The molecule has 4 nitrogen and oxygen atoms in total. The number of para-hydroxylation sites is 2. The van der Waals surface area contributed by atoms with E-state index in [-0.39, 0.29) is 5.91 Å². The van der Waals surface area contributed by atoms with Gasteiger partial charge < -0.3 is 9.47 Å². The van der Waals surface area contributed by atoms with Gasteiger partial charge in [0.1, 0.15) is 5.82 Å². The molecule has 1 aliphatic rings. The Morgan fingerprint density at radius 3 is 2.56 bits per heavy atom. The lowest BCUT2D eigenvalue weighted by atomic mass is 9.96. The van der Waals surface area contributed by atoms with Gasteiger partial charge in [0.05, 0.1) is 17.5 Å². The van der Waals surface area contributed by atoms with E-state index in [0.717, 1.165) is 49.4 Å². The monoisotopic (exact) mass is 381 g/mol. The van der Waals surface area contributed by atoms with E-state index in [1.807, 2.05) is 35.2 Å². The van der Waals surface area contributed by atoms with Gasteiger partial charge >= 0.3 is 0 Å². The number of halogens is 1. The fraction of sp³-hybridized carbons (Fsp3) is 0.364. The van der Waals surface area contributed by atoms with E-state index in [1.54, 1.807) is 0 Å². The summed E-state index contributed by atoms with van der Waals surface area (Å²) >= 11 is 5.92. The number of imidazole rings is 1. The SMILES string of the molecule is Cc1nc2ccccc2n1CC1CCN(C(=O)Cc2ccc(Cl)cc2)CC1. The van der Waals surface area contributed by atoms with Gasteiger partial charge in [0.15, 0.2) is 0 Å². The minimum absolute atomic E-state index is 0.208. The van der Waals surface area contributed by atoms with Gasteiger partial charge in [-0.25, -0.2) is 4.98 Å². The predicted molar refractivity (Wildman–Crippen MR) is 109 cm³/mol. The molecule has 1 saturated heterocycles. The van der Waals surface area contributed by atoms with Crippen LogP contribution in [-0.2, 0) is 17.8 Å². The molecule has 0 unspecified atom stereocenters. The number of amides is 1. The lowest BCUT2D eigenvalue weighted by Gasteiger charge is -2.32. The molecular formula is C22H24ClN3O. The van der Waals surface area contributed by atoms with Crippen molar-refractivity contribution < 1.29 is 4.79 Å². The molecule has 0 bridgehead atoms. The van der Waals surface area contributed by atoms with E-state index in [2.05, 4.69) is 34.7 Å². The zero-order valence-corrected chi connectivity index (χ0v) is 16.3. The van der Waals surface area contributed by atoms with Crippen molar-refractivity contribution in [2.75, 3.05) is 13.1 Å². The summed E-state index contributed by atoms with van der Waals surface area (Å²) in [5.74, 6) is 1.86. The van der Waals surface area contributed by atoms with Gasteiger partial charge in [-0.3, -0.25) is 4.79 Å². The van der Waals surface area contributed by atoms with Gasteiger partial charge in [-0.15, -0.1) is 0 Å². The number of nitrogens with zero attached hydrogens (tertiary/aromatic N) is 3. The van der Waals surface area contributed by atoms with Crippen molar-refractivity contribution in [3.8, 4) is 0 Å². The Morgan fingerprint density at radius 2 is 1.81 bits per heavy atom. The van der Waals surface area contributed by atoms with Crippen LogP contribution >= 0.6 is 11.6 Å². The van der Waals surface area contributed by atoms with E-state index in [1.165, 1.54) is 5.52 Å². The van der Waals surface area contributed by atoms with Crippen molar-refractivity contribution in [1.82, 2.24) is 14.5 Å². The lowest BCUT2D eigenvalue weighted by molar-refractivity contribution is -0.131. The second-order valence-corrected chi connectivity index (χ2v) is 7.82. The molecule has 0 atom stereocenters. The summed E-state index contributed by atoms with van der Waals surface area (Å²) < 4.78 is 2.32. The van der Waals surface area contributed by atoms with Crippen LogP contribution in [0.2, 0.25) is 5.02 Å². The summed E-state index contributed by atoms with van der Waals surface area (Å²) in [4.78, 5) is 19.3. The summed E-state index contributed by atoms with van der Waals surface area (Å²) in [6, 6.07) is 15.8. The van der Waals surface area contributed by atoms with Gasteiger partial charge in [0.25, 0.3) is 0 Å². The highest BCUT2D eigenvalue weighted by Gasteiger charge is 2.24. The molecule has 140 valence electrons. The Balaban J connectivity index is 1.35. The van der Waals surface area contributed by atoms with Gasteiger partial charge in [0, 0.05) is 24.7 Å². The number of hydrogen-bond acceptors (Lipinski definition) is 2. The van der Waals surface area contributed by atoms with Gasteiger partial charge in [-0.2, -0.15) is 0 Å². The third kappa shape index (κ3) is 4.01. The summed E-state index contributed by atoms with van der Waals surface area (Å²) in [5.41, 5.74) is 3.29. The average Bonchev–Trinajstić information content (AvgIpc) is 2.99. The van der Waals surface area contributed by atoms with Crippen molar-refractivity contribution in [3.63, 3.8) is 0 Å². The standard InChI is InChI=1S/C22H24ClN3O/c1-16-24-20-4-2-3-5-21(20)26(16)15-18-10-12-25(13-11-18)22(27)14-17-6-8-19(23)9-7-17/h2-9,18H,10-15H2,1H3. The highest BCUT2D eigenvalue weighted by molar-refractivity contribution is 6.30. The first-order valence-electron chi connectivity index (χ1n) is 9.54. The first-order valence-corrected chi connectivity index (χ1v) is 9.92. The Bertz CT molecular complexity index is 940. The number of carbonyl (C=O) groups is 1. The van der Waals surface area contributed by atoms with E-state index >= 15 is 0 Å². The van der Waals surface area contributed by atoms with Crippen LogP contribution in [-0.4, -0.2) is 33.4 Å². The summed E-state index contributed by atoms with van der Waals surface area (Å²) in [5, 5.41) is 0.703. The molecule has 0 N–H and O–H groups in total. The molecule has 0 spiro atoms. The normalized spacial score (nSPS) is 15.4.